The predicted molar refractivity (Wildman–Crippen MR) is 47.1 cm³/mol. The van der Waals surface area contributed by atoms with Crippen LogP contribution in [0.2, 0.25) is 0 Å². The van der Waals surface area contributed by atoms with Crippen LogP contribution in [0, 0.1) is 5.82 Å². The van der Waals surface area contributed by atoms with Crippen molar-refractivity contribution in [2.75, 3.05) is 0 Å². The van der Waals surface area contributed by atoms with Crippen LogP contribution < -0.4 is 5.90 Å². The van der Waals surface area contributed by atoms with E-state index in [1.807, 2.05) is 6.08 Å². The Kier molecular flexibility index (Phi) is 2.12. The van der Waals surface area contributed by atoms with Gasteiger partial charge in [-0.2, -0.15) is 0 Å². The summed E-state index contributed by atoms with van der Waals surface area (Å²) in [7, 11) is 0. The highest BCUT2D eigenvalue weighted by Crippen LogP contribution is 2.35. The molecule has 0 saturated carbocycles. The van der Waals surface area contributed by atoms with Crippen molar-refractivity contribution >= 4 is 0 Å². The fourth-order valence-electron chi connectivity index (χ4n) is 1.29. The molecule has 1 aromatic carbocycles. The largest absolute Gasteiger partial charge is 0.292 e. The summed E-state index contributed by atoms with van der Waals surface area (Å²) in [6.07, 6.45) is 2.79. The molecule has 0 amide bonds. The lowest BCUT2D eigenvalue weighted by Crippen LogP contribution is -2.08. The van der Waals surface area contributed by atoms with E-state index in [4.69, 9.17) is 10.7 Å². The van der Waals surface area contributed by atoms with Crippen LogP contribution in [0.1, 0.15) is 18.1 Å². The molecule has 0 radical (unpaired) electrons. The van der Waals surface area contributed by atoms with Crippen LogP contribution >= 0.6 is 0 Å². The van der Waals surface area contributed by atoms with Gasteiger partial charge in [0.15, 0.2) is 0 Å². The first kappa shape index (κ1) is 8.41. The summed E-state index contributed by atoms with van der Waals surface area (Å²) in [6.45, 7) is 0. The molecule has 2 rings (SSSR count). The molecule has 0 spiro atoms. The molecule has 0 heterocycles. The van der Waals surface area contributed by atoms with Gasteiger partial charge in [0, 0.05) is 0 Å². The Labute approximate surface area is 75.8 Å². The lowest BCUT2D eigenvalue weighted by molar-refractivity contribution is 0.0813. The first-order valence-electron chi connectivity index (χ1n) is 4.11. The van der Waals surface area contributed by atoms with Crippen molar-refractivity contribution in [1.82, 2.24) is 0 Å². The Morgan fingerprint density at radius 1 is 1.31 bits per heavy atom. The van der Waals surface area contributed by atoms with Crippen molar-refractivity contribution in [2.45, 2.75) is 12.5 Å². The first-order chi connectivity index (χ1) is 6.31. The number of benzene rings is 1. The first-order valence-corrected chi connectivity index (χ1v) is 4.11. The summed E-state index contributed by atoms with van der Waals surface area (Å²) in [5, 5.41) is 0. The van der Waals surface area contributed by atoms with Crippen LogP contribution in [-0.2, 0) is 4.84 Å². The molecule has 0 aromatic heterocycles. The fourth-order valence-corrected chi connectivity index (χ4v) is 1.29. The molecule has 0 saturated heterocycles. The molecule has 1 aliphatic carbocycles. The SMILES string of the molecule is NOC(C1=CC1)c1ccc(F)cc1. The van der Waals surface area contributed by atoms with E-state index in [1.165, 1.54) is 12.1 Å². The van der Waals surface area contributed by atoms with Gasteiger partial charge >= 0.3 is 0 Å². The summed E-state index contributed by atoms with van der Waals surface area (Å²) in [4.78, 5) is 4.81. The second kappa shape index (κ2) is 3.28. The van der Waals surface area contributed by atoms with E-state index in [-0.39, 0.29) is 11.9 Å². The van der Waals surface area contributed by atoms with E-state index in [2.05, 4.69) is 0 Å². The van der Waals surface area contributed by atoms with E-state index in [0.29, 0.717) is 0 Å². The van der Waals surface area contributed by atoms with Crippen molar-refractivity contribution in [2.24, 2.45) is 5.90 Å². The molecule has 0 fully saturated rings. The Balaban J connectivity index is 2.22. The Morgan fingerprint density at radius 3 is 2.38 bits per heavy atom. The Bertz CT molecular complexity index is 331. The summed E-state index contributed by atoms with van der Waals surface area (Å²) < 4.78 is 12.6. The highest BCUT2D eigenvalue weighted by molar-refractivity contribution is 5.34. The van der Waals surface area contributed by atoms with Crippen LogP contribution in [0.5, 0.6) is 0 Å². The zero-order chi connectivity index (χ0) is 9.26. The molecule has 68 valence electrons. The average molecular weight is 179 g/mol. The standard InChI is InChI=1S/C10H10FNO/c11-9-5-3-8(4-6-9)10(13-12)7-1-2-7/h1,3-6,10H,2,12H2. The van der Waals surface area contributed by atoms with Gasteiger partial charge in [-0.05, 0) is 29.7 Å². The van der Waals surface area contributed by atoms with Crippen molar-refractivity contribution in [3.05, 3.63) is 47.3 Å². The Morgan fingerprint density at radius 2 is 1.92 bits per heavy atom. The van der Waals surface area contributed by atoms with Gasteiger partial charge in [-0.1, -0.05) is 18.2 Å². The molecule has 2 nitrogen and oxygen atoms in total. The predicted octanol–water partition coefficient (Wildman–Crippen LogP) is 2.09. The third-order valence-electron chi connectivity index (χ3n) is 2.09. The second-order valence-electron chi connectivity index (χ2n) is 3.05. The summed E-state index contributed by atoms with van der Waals surface area (Å²) >= 11 is 0. The molecule has 0 aliphatic heterocycles. The van der Waals surface area contributed by atoms with Crippen molar-refractivity contribution < 1.29 is 9.23 Å². The lowest BCUT2D eigenvalue weighted by Gasteiger charge is -2.11. The molecule has 1 unspecified atom stereocenters. The maximum Gasteiger partial charge on any atom is 0.125 e. The van der Waals surface area contributed by atoms with Crippen molar-refractivity contribution in [1.29, 1.82) is 0 Å². The lowest BCUT2D eigenvalue weighted by atomic mass is 10.1. The topological polar surface area (TPSA) is 35.2 Å². The number of hydrogen-bond donors (Lipinski definition) is 1. The zero-order valence-electron chi connectivity index (χ0n) is 7.03. The molecular formula is C10H10FNO. The number of nitrogens with two attached hydrogens (primary N) is 1. The molecular weight excluding hydrogens is 169 g/mol. The normalized spacial score (nSPS) is 16.6. The van der Waals surface area contributed by atoms with Crippen molar-refractivity contribution in [3.8, 4) is 0 Å². The van der Waals surface area contributed by atoms with Gasteiger partial charge in [-0.15, -0.1) is 0 Å². The summed E-state index contributed by atoms with van der Waals surface area (Å²) in [5.41, 5.74) is 2.06. The monoisotopic (exact) mass is 179 g/mol. The number of allylic oxidation sites excluding steroid dienone is 1. The summed E-state index contributed by atoms with van der Waals surface area (Å²) in [5.74, 6) is 4.90. The summed E-state index contributed by atoms with van der Waals surface area (Å²) in [6, 6.07) is 6.19. The average Bonchev–Trinajstić information content (AvgIpc) is 2.93. The number of halogens is 1. The quantitative estimate of drug-likeness (QED) is 0.569. The third-order valence-corrected chi connectivity index (χ3v) is 2.09. The highest BCUT2D eigenvalue weighted by atomic mass is 19.1. The smallest absolute Gasteiger partial charge is 0.125 e. The number of rotatable bonds is 3. The van der Waals surface area contributed by atoms with Gasteiger partial charge in [-0.3, -0.25) is 4.84 Å². The van der Waals surface area contributed by atoms with Gasteiger partial charge in [-0.25, -0.2) is 10.3 Å². The molecule has 3 heteroatoms. The van der Waals surface area contributed by atoms with E-state index < -0.39 is 0 Å². The van der Waals surface area contributed by atoms with Crippen LogP contribution in [0.4, 0.5) is 4.39 Å². The maximum atomic E-state index is 12.6. The minimum Gasteiger partial charge on any atom is -0.292 e. The van der Waals surface area contributed by atoms with Gasteiger partial charge in [0.1, 0.15) is 11.9 Å². The van der Waals surface area contributed by atoms with Crippen molar-refractivity contribution in [3.63, 3.8) is 0 Å². The van der Waals surface area contributed by atoms with E-state index in [9.17, 15) is 4.39 Å². The molecule has 13 heavy (non-hydrogen) atoms. The van der Waals surface area contributed by atoms with E-state index in [1.54, 1.807) is 12.1 Å². The van der Waals surface area contributed by atoms with Crippen LogP contribution in [-0.4, -0.2) is 0 Å². The van der Waals surface area contributed by atoms with Gasteiger partial charge in [0.05, 0.1) is 0 Å². The maximum absolute atomic E-state index is 12.6. The fraction of sp³-hybridized carbons (Fsp3) is 0.200. The minimum absolute atomic E-state index is 0.194. The molecule has 1 aliphatic rings. The molecule has 0 bridgehead atoms. The van der Waals surface area contributed by atoms with Gasteiger partial charge in [0.2, 0.25) is 0 Å². The van der Waals surface area contributed by atoms with Gasteiger partial charge < -0.3 is 0 Å². The molecule has 2 N–H and O–H groups in total. The highest BCUT2D eigenvalue weighted by Gasteiger charge is 2.22. The Hall–Kier alpha value is -1.19. The third kappa shape index (κ3) is 1.76. The van der Waals surface area contributed by atoms with E-state index >= 15 is 0 Å². The van der Waals surface area contributed by atoms with Crippen LogP contribution in [0.25, 0.3) is 0 Å². The van der Waals surface area contributed by atoms with E-state index in [0.717, 1.165) is 17.6 Å². The second-order valence-corrected chi connectivity index (χ2v) is 3.05. The molecule has 1 atom stereocenters. The zero-order valence-corrected chi connectivity index (χ0v) is 7.03. The van der Waals surface area contributed by atoms with Crippen LogP contribution in [0.15, 0.2) is 35.9 Å². The van der Waals surface area contributed by atoms with Crippen LogP contribution in [0.3, 0.4) is 0 Å². The molecule has 1 aromatic rings. The minimum atomic E-state index is -0.246. The van der Waals surface area contributed by atoms with Gasteiger partial charge in [0.25, 0.3) is 0 Å². The number of hydrogen-bond acceptors (Lipinski definition) is 2.